The van der Waals surface area contributed by atoms with Crippen molar-refractivity contribution in [3.05, 3.63) is 68.6 Å². The summed E-state index contributed by atoms with van der Waals surface area (Å²) in [7, 11) is 0. The minimum Gasteiger partial charge on any atom is -0.332 e. The molecule has 0 spiro atoms. The molecule has 6 rings (SSSR count). The summed E-state index contributed by atoms with van der Waals surface area (Å²) >= 11 is 3.37. The molecule has 2 atom stereocenters. The van der Waals surface area contributed by atoms with E-state index >= 15 is 0 Å². The molecule has 0 unspecified atom stereocenters. The summed E-state index contributed by atoms with van der Waals surface area (Å²) < 4.78 is 1.06. The van der Waals surface area contributed by atoms with Crippen LogP contribution in [0.15, 0.2) is 40.3 Å². The average Bonchev–Trinajstić information content (AvgIpc) is 3.62. The quantitative estimate of drug-likeness (QED) is 0.369. The molecule has 4 aromatic rings. The first-order chi connectivity index (χ1) is 17.6. The van der Waals surface area contributed by atoms with Crippen LogP contribution in [0.1, 0.15) is 51.7 Å². The molecule has 1 fully saturated rings. The predicted molar refractivity (Wildman–Crippen MR) is 142 cm³/mol. The van der Waals surface area contributed by atoms with Gasteiger partial charge in [0.25, 0.3) is 11.5 Å². The van der Waals surface area contributed by atoms with Crippen LogP contribution in [-0.4, -0.2) is 48.8 Å². The number of thioether (sulfide) groups is 1. The molecular formula is C26H28N6O2S2. The molecule has 1 aliphatic carbocycles. The van der Waals surface area contributed by atoms with Gasteiger partial charge in [-0.3, -0.25) is 14.7 Å². The molecule has 2 aliphatic rings. The highest BCUT2D eigenvalue weighted by Crippen LogP contribution is 2.36. The fourth-order valence-electron chi connectivity index (χ4n) is 5.49. The molecule has 10 heteroatoms. The fourth-order valence-corrected chi connectivity index (χ4v) is 6.93. The van der Waals surface area contributed by atoms with E-state index in [4.69, 9.17) is 4.98 Å². The fraction of sp³-hybridized carbons (Fsp3) is 0.423. The van der Waals surface area contributed by atoms with Crippen molar-refractivity contribution in [1.29, 1.82) is 0 Å². The Morgan fingerprint density at radius 2 is 1.97 bits per heavy atom. The van der Waals surface area contributed by atoms with Crippen molar-refractivity contribution >= 4 is 39.2 Å². The van der Waals surface area contributed by atoms with Crippen LogP contribution in [0.25, 0.3) is 10.2 Å². The van der Waals surface area contributed by atoms with Crippen LogP contribution in [0.5, 0.6) is 0 Å². The van der Waals surface area contributed by atoms with Crippen LogP contribution in [0, 0.1) is 11.8 Å². The molecule has 186 valence electrons. The number of amides is 1. The number of aromatic amines is 2. The number of benzene rings is 1. The summed E-state index contributed by atoms with van der Waals surface area (Å²) in [5, 5.41) is 6.67. The number of fused-ring (bicyclic) bond motifs is 2. The zero-order valence-corrected chi connectivity index (χ0v) is 21.8. The van der Waals surface area contributed by atoms with E-state index in [0.29, 0.717) is 36.9 Å². The first-order valence-corrected chi connectivity index (χ1v) is 14.4. The number of carbonyl (C=O) groups is 1. The highest BCUT2D eigenvalue weighted by atomic mass is 32.2. The van der Waals surface area contributed by atoms with Crippen LogP contribution >= 0.6 is 23.1 Å². The van der Waals surface area contributed by atoms with Gasteiger partial charge in [0, 0.05) is 47.8 Å². The molecule has 2 N–H and O–H groups in total. The lowest BCUT2D eigenvalue weighted by molar-refractivity contribution is 0.0732. The maximum absolute atomic E-state index is 13.2. The maximum atomic E-state index is 13.2. The number of nitrogens with one attached hydrogen (secondary N) is 2. The normalized spacial score (nSPS) is 19.6. The smallest absolute Gasteiger partial charge is 0.267 e. The largest absolute Gasteiger partial charge is 0.332 e. The van der Waals surface area contributed by atoms with Crippen LogP contribution < -0.4 is 5.56 Å². The van der Waals surface area contributed by atoms with Crippen molar-refractivity contribution in [3.8, 4) is 0 Å². The Bertz CT molecular complexity index is 1460. The summed E-state index contributed by atoms with van der Waals surface area (Å²) in [5.41, 5.74) is 3.12. The molecule has 0 saturated heterocycles. The summed E-state index contributed by atoms with van der Waals surface area (Å²) in [6.45, 7) is 0.975. The van der Waals surface area contributed by atoms with Gasteiger partial charge >= 0.3 is 0 Å². The number of rotatable bonds is 6. The third-order valence-corrected chi connectivity index (χ3v) is 9.14. The zero-order valence-electron chi connectivity index (χ0n) is 20.1. The molecule has 0 bridgehead atoms. The van der Waals surface area contributed by atoms with Gasteiger partial charge < -0.3 is 10.00 Å². The molecule has 0 radical (unpaired) electrons. The van der Waals surface area contributed by atoms with E-state index in [1.165, 1.54) is 19.3 Å². The zero-order chi connectivity index (χ0) is 24.6. The van der Waals surface area contributed by atoms with Gasteiger partial charge in [0.2, 0.25) is 0 Å². The number of aromatic nitrogens is 5. The van der Waals surface area contributed by atoms with Crippen molar-refractivity contribution in [2.45, 2.75) is 50.0 Å². The lowest BCUT2D eigenvalue weighted by Crippen LogP contribution is -2.36. The van der Waals surface area contributed by atoms with Crippen molar-refractivity contribution < 1.29 is 4.79 Å². The Kier molecular flexibility index (Phi) is 6.39. The first-order valence-electron chi connectivity index (χ1n) is 12.4. The molecule has 36 heavy (non-hydrogen) atoms. The van der Waals surface area contributed by atoms with Crippen molar-refractivity contribution in [3.63, 3.8) is 0 Å². The third kappa shape index (κ3) is 4.71. The summed E-state index contributed by atoms with van der Waals surface area (Å²) in [6, 6.07) is 5.81. The SMILES string of the molecule is CSc1cnc(C[C@H]2CC[C@H](Cc3nc4ccc(C(=O)N5CCc6c([nH][nH]c6=O)C5)cc4s3)C2)nc1. The minimum absolute atomic E-state index is 0.00836. The Morgan fingerprint density at radius 3 is 2.78 bits per heavy atom. The molecule has 1 aromatic carbocycles. The van der Waals surface area contributed by atoms with Gasteiger partial charge in [-0.1, -0.05) is 0 Å². The molecule has 1 saturated carbocycles. The number of H-pyrrole nitrogens is 2. The average molecular weight is 521 g/mol. The number of carbonyl (C=O) groups excluding carboxylic acids is 1. The van der Waals surface area contributed by atoms with Crippen molar-refractivity contribution in [2.24, 2.45) is 11.8 Å². The lowest BCUT2D eigenvalue weighted by Gasteiger charge is -2.26. The Morgan fingerprint density at radius 1 is 1.17 bits per heavy atom. The van der Waals surface area contributed by atoms with E-state index in [1.54, 1.807) is 28.0 Å². The van der Waals surface area contributed by atoms with E-state index in [1.807, 2.05) is 36.8 Å². The van der Waals surface area contributed by atoms with Crippen LogP contribution in [0.2, 0.25) is 0 Å². The standard InChI is InChI=1S/C26H28N6O2S2/c1-35-18-12-27-23(28-13-18)9-15-2-3-16(8-15)10-24-29-20-5-4-17(11-22(20)36-24)26(34)32-7-6-19-21(14-32)30-31-25(19)33/h4-5,11-13,15-16H,2-3,6-10,14H2,1H3,(H2,30,31,33)/t15-,16-/m0/s1. The van der Waals surface area contributed by atoms with E-state index in [0.717, 1.165) is 50.0 Å². The minimum atomic E-state index is -0.0811. The Balaban J connectivity index is 1.09. The van der Waals surface area contributed by atoms with Crippen LogP contribution in [0.3, 0.4) is 0 Å². The summed E-state index contributed by atoms with van der Waals surface area (Å²) in [6.07, 6.45) is 12.0. The van der Waals surface area contributed by atoms with Crippen LogP contribution in [0.4, 0.5) is 0 Å². The number of hydrogen-bond acceptors (Lipinski definition) is 7. The second kappa shape index (κ2) is 9.82. The summed E-state index contributed by atoms with van der Waals surface area (Å²) in [4.78, 5) is 41.8. The number of nitrogens with zero attached hydrogens (tertiary/aromatic N) is 4. The molecule has 1 amide bonds. The first kappa shape index (κ1) is 23.4. The monoisotopic (exact) mass is 520 g/mol. The van der Waals surface area contributed by atoms with Gasteiger partial charge in [0.05, 0.1) is 27.5 Å². The lowest BCUT2D eigenvalue weighted by atomic mass is 9.99. The van der Waals surface area contributed by atoms with E-state index in [-0.39, 0.29) is 11.5 Å². The summed E-state index contributed by atoms with van der Waals surface area (Å²) in [5.74, 6) is 2.20. The molecule has 1 aliphatic heterocycles. The molecular weight excluding hydrogens is 492 g/mol. The molecule has 3 aromatic heterocycles. The number of thiazole rings is 1. The molecule has 4 heterocycles. The highest BCUT2D eigenvalue weighted by Gasteiger charge is 2.27. The van der Waals surface area contributed by atoms with Crippen molar-refractivity contribution in [2.75, 3.05) is 12.8 Å². The Labute approximate surface area is 216 Å². The van der Waals surface area contributed by atoms with Gasteiger partial charge in [-0.25, -0.2) is 15.0 Å². The third-order valence-electron chi connectivity index (χ3n) is 7.41. The highest BCUT2D eigenvalue weighted by molar-refractivity contribution is 7.98. The van der Waals surface area contributed by atoms with E-state index in [9.17, 15) is 9.59 Å². The second-order valence-corrected chi connectivity index (χ2v) is 11.8. The predicted octanol–water partition coefficient (Wildman–Crippen LogP) is 4.22. The van der Waals surface area contributed by atoms with E-state index in [2.05, 4.69) is 20.2 Å². The molecule has 8 nitrogen and oxygen atoms in total. The van der Waals surface area contributed by atoms with Crippen LogP contribution in [-0.2, 0) is 25.8 Å². The van der Waals surface area contributed by atoms with Gasteiger partial charge in [0.15, 0.2) is 0 Å². The van der Waals surface area contributed by atoms with Gasteiger partial charge in [-0.15, -0.1) is 23.1 Å². The van der Waals surface area contributed by atoms with E-state index < -0.39 is 0 Å². The van der Waals surface area contributed by atoms with Gasteiger partial charge in [-0.2, -0.15) is 0 Å². The Hall–Kier alpha value is -2.98. The topological polar surface area (TPSA) is 108 Å². The number of hydrogen-bond donors (Lipinski definition) is 2. The maximum Gasteiger partial charge on any atom is 0.267 e. The second-order valence-electron chi connectivity index (χ2n) is 9.80. The van der Waals surface area contributed by atoms with Gasteiger partial charge in [0.1, 0.15) is 5.82 Å². The van der Waals surface area contributed by atoms with Gasteiger partial charge in [-0.05, 0) is 62.0 Å². The van der Waals surface area contributed by atoms with Crippen molar-refractivity contribution in [1.82, 2.24) is 30.0 Å².